The molecule has 1 aliphatic carbocycles. The minimum absolute atomic E-state index is 0.0194. The molecule has 13 heteroatoms. The molecular formula is C34H41F3N4O6. The fourth-order valence-electron chi connectivity index (χ4n) is 6.23. The van der Waals surface area contributed by atoms with Crippen molar-refractivity contribution in [1.82, 2.24) is 20.9 Å². The smallest absolute Gasteiger partial charge is 0.408 e. The normalized spacial score (nSPS) is 21.0. The van der Waals surface area contributed by atoms with Crippen molar-refractivity contribution in [1.29, 1.82) is 0 Å². The number of carboxylic acids is 1. The molecule has 5 N–H and O–H groups in total. The highest BCUT2D eigenvalue weighted by Crippen LogP contribution is 2.58. The Labute approximate surface area is 270 Å². The molecule has 0 saturated heterocycles. The molecule has 2 amide bonds. The molecule has 1 fully saturated rings. The van der Waals surface area contributed by atoms with Crippen LogP contribution < -0.4 is 16.0 Å². The number of hydrogen-bond acceptors (Lipinski definition) is 6. The first-order chi connectivity index (χ1) is 22.3. The van der Waals surface area contributed by atoms with E-state index in [1.54, 1.807) is 30.5 Å². The van der Waals surface area contributed by atoms with E-state index in [1.807, 2.05) is 30.3 Å². The summed E-state index contributed by atoms with van der Waals surface area (Å²) in [6, 6.07) is 14.9. The summed E-state index contributed by atoms with van der Waals surface area (Å²) in [7, 11) is 0. The van der Waals surface area contributed by atoms with Gasteiger partial charge in [-0.1, -0.05) is 48.5 Å². The fourth-order valence-corrected chi connectivity index (χ4v) is 6.23. The van der Waals surface area contributed by atoms with Gasteiger partial charge in [-0.15, -0.1) is 0 Å². The van der Waals surface area contributed by atoms with Crippen LogP contribution in [0.25, 0.3) is 10.9 Å². The average Bonchev–Trinajstić information content (AvgIpc) is 3.46. The number of halogens is 3. The Bertz CT molecular complexity index is 1550. The van der Waals surface area contributed by atoms with E-state index < -0.39 is 59.4 Å². The van der Waals surface area contributed by atoms with Crippen molar-refractivity contribution in [3.8, 4) is 0 Å². The van der Waals surface area contributed by atoms with E-state index in [4.69, 9.17) is 9.84 Å². The molecule has 3 aromatic rings. The van der Waals surface area contributed by atoms with Crippen molar-refractivity contribution >= 4 is 34.7 Å². The summed E-state index contributed by atoms with van der Waals surface area (Å²) in [5.41, 5.74) is -0.201. The number of amides is 2. The number of benzene rings is 2. The van der Waals surface area contributed by atoms with Crippen molar-refractivity contribution in [2.75, 3.05) is 13.1 Å². The lowest BCUT2D eigenvalue weighted by Crippen LogP contribution is -2.55. The van der Waals surface area contributed by atoms with Crippen molar-refractivity contribution < 1.29 is 42.2 Å². The van der Waals surface area contributed by atoms with Crippen LogP contribution in [0.15, 0.2) is 60.8 Å². The van der Waals surface area contributed by atoms with Gasteiger partial charge in [-0.2, -0.15) is 13.2 Å². The summed E-state index contributed by atoms with van der Waals surface area (Å²) >= 11 is 0. The zero-order valence-corrected chi connectivity index (χ0v) is 26.4. The molecule has 254 valence electrons. The quantitative estimate of drug-likeness (QED) is 0.159. The van der Waals surface area contributed by atoms with E-state index in [0.29, 0.717) is 23.8 Å². The molecule has 2 unspecified atom stereocenters. The number of carbonyl (C=O) groups excluding carboxylic acids is 3. The second-order valence-corrected chi connectivity index (χ2v) is 12.2. The van der Waals surface area contributed by atoms with Gasteiger partial charge in [-0.25, -0.2) is 4.79 Å². The number of para-hydroxylation sites is 1. The number of alkyl halides is 3. The van der Waals surface area contributed by atoms with Crippen molar-refractivity contribution in [2.45, 2.75) is 82.7 Å². The van der Waals surface area contributed by atoms with Gasteiger partial charge in [0.1, 0.15) is 11.5 Å². The number of Topliss-reactive ketones (excluding diaryl/α,β-unsaturated/α-hetero) is 1. The highest BCUT2D eigenvalue weighted by Gasteiger charge is 2.63. The molecule has 1 saturated carbocycles. The van der Waals surface area contributed by atoms with E-state index >= 15 is 0 Å². The van der Waals surface area contributed by atoms with Crippen LogP contribution in [0.5, 0.6) is 0 Å². The first-order valence-corrected chi connectivity index (χ1v) is 15.7. The van der Waals surface area contributed by atoms with Gasteiger partial charge in [0.05, 0.1) is 19.0 Å². The predicted molar refractivity (Wildman–Crippen MR) is 169 cm³/mol. The minimum Gasteiger partial charge on any atom is -0.481 e. The lowest BCUT2D eigenvalue weighted by atomic mass is 9.62. The molecule has 47 heavy (non-hydrogen) atoms. The van der Waals surface area contributed by atoms with Gasteiger partial charge in [0.15, 0.2) is 5.78 Å². The molecular weight excluding hydrogens is 617 g/mol. The molecule has 5 atom stereocenters. The number of ether oxygens (including phenoxy) is 1. The number of fused-ring (bicyclic) bond motifs is 1. The largest absolute Gasteiger partial charge is 0.481 e. The molecule has 1 aromatic heterocycles. The monoisotopic (exact) mass is 658 g/mol. The van der Waals surface area contributed by atoms with E-state index in [2.05, 4.69) is 20.9 Å². The minimum atomic E-state index is -4.69. The maximum atomic E-state index is 14.8. The van der Waals surface area contributed by atoms with E-state index in [-0.39, 0.29) is 38.8 Å². The van der Waals surface area contributed by atoms with Crippen LogP contribution in [0, 0.1) is 5.41 Å². The zero-order chi connectivity index (χ0) is 34.2. The first kappa shape index (κ1) is 35.5. The van der Waals surface area contributed by atoms with Crippen LogP contribution in [0.2, 0.25) is 0 Å². The van der Waals surface area contributed by atoms with Gasteiger partial charge in [0, 0.05) is 42.0 Å². The Hall–Kier alpha value is -4.39. The van der Waals surface area contributed by atoms with Crippen molar-refractivity contribution in [3.05, 3.63) is 71.9 Å². The van der Waals surface area contributed by atoms with E-state index in [0.717, 1.165) is 18.0 Å². The highest BCUT2D eigenvalue weighted by molar-refractivity contribution is 5.88. The predicted octanol–water partition coefficient (Wildman–Crippen LogP) is 5.24. The zero-order valence-electron chi connectivity index (χ0n) is 26.4. The van der Waals surface area contributed by atoms with Gasteiger partial charge in [0.25, 0.3) is 0 Å². The highest BCUT2D eigenvalue weighted by atomic mass is 19.4. The second kappa shape index (κ2) is 15.5. The summed E-state index contributed by atoms with van der Waals surface area (Å²) in [6.07, 6.45) is -5.04. The number of ketones is 1. The summed E-state index contributed by atoms with van der Waals surface area (Å²) in [4.78, 5) is 51.8. The summed E-state index contributed by atoms with van der Waals surface area (Å²) in [5.74, 6) is -2.95. The average molecular weight is 659 g/mol. The third-order valence-electron chi connectivity index (χ3n) is 9.03. The van der Waals surface area contributed by atoms with Crippen LogP contribution in [-0.2, 0) is 25.5 Å². The number of nitrogens with one attached hydrogen (secondary N) is 4. The molecule has 10 nitrogen and oxygen atoms in total. The van der Waals surface area contributed by atoms with Crippen LogP contribution >= 0.6 is 0 Å². The second-order valence-electron chi connectivity index (χ2n) is 12.2. The van der Waals surface area contributed by atoms with Crippen LogP contribution in [0.4, 0.5) is 18.0 Å². The number of alkyl carbamates (subject to hydrolysis) is 1. The molecule has 4 rings (SSSR count). The van der Waals surface area contributed by atoms with Crippen LogP contribution in [0.1, 0.15) is 63.0 Å². The van der Waals surface area contributed by atoms with Gasteiger partial charge >= 0.3 is 18.2 Å². The number of carbonyl (C=O) groups is 4. The standard InChI is InChI=1S/C34H41F3N4O6/c1-21(28(42)20-38-23(17-22-9-4-3-5-10-22)18-40-30(43)15-16-31(44)45)41-32(46)47-29-14-8-12-26(33(29,2)34(35,36)37)25-19-39-27-13-7-6-11-24(25)27/h3-7,9-11,13,19,21,23,26,29,38-39H,8,12,14-18,20H2,1-2H3,(H,40,43)(H,41,46)(H,44,45)/t21-,23-,26?,29+,33?/m1/s1. The maximum absolute atomic E-state index is 14.8. The fraction of sp³-hybridized carbons (Fsp3) is 0.471. The third-order valence-corrected chi connectivity index (χ3v) is 9.03. The molecule has 0 bridgehead atoms. The number of rotatable bonds is 14. The molecule has 0 aliphatic heterocycles. The van der Waals surface area contributed by atoms with Crippen molar-refractivity contribution in [2.24, 2.45) is 5.41 Å². The van der Waals surface area contributed by atoms with Crippen LogP contribution in [-0.4, -0.2) is 71.3 Å². The first-order valence-electron chi connectivity index (χ1n) is 15.7. The molecule has 2 aromatic carbocycles. The van der Waals surface area contributed by atoms with Gasteiger partial charge in [0.2, 0.25) is 5.91 Å². The lowest BCUT2D eigenvalue weighted by Gasteiger charge is -2.47. The number of aromatic amines is 1. The number of H-pyrrole nitrogens is 1. The molecule has 0 spiro atoms. The van der Waals surface area contributed by atoms with E-state index in [1.165, 1.54) is 6.92 Å². The number of aliphatic carboxylic acids is 1. The van der Waals surface area contributed by atoms with E-state index in [9.17, 15) is 32.3 Å². The van der Waals surface area contributed by atoms with Gasteiger partial charge in [-0.05, 0) is 56.7 Å². The maximum Gasteiger partial charge on any atom is 0.408 e. The van der Waals surface area contributed by atoms with Crippen molar-refractivity contribution in [3.63, 3.8) is 0 Å². The molecule has 1 aliphatic rings. The number of carboxylic acid groups (broad SMARTS) is 1. The molecule has 1 heterocycles. The SMILES string of the molecule is C[C@@H](NC(=O)O[C@H]1CCCC(c2c[nH]c3ccccc23)C1(C)C(F)(F)F)C(=O)CN[C@@H](CNC(=O)CCC(=O)O)Cc1ccccc1. The van der Waals surface area contributed by atoms with Crippen LogP contribution in [0.3, 0.4) is 0 Å². The summed E-state index contributed by atoms with van der Waals surface area (Å²) in [5, 5.41) is 17.6. The third kappa shape index (κ3) is 8.91. The number of aromatic nitrogens is 1. The Morgan fingerprint density at radius 2 is 1.74 bits per heavy atom. The number of hydrogen-bond donors (Lipinski definition) is 5. The Morgan fingerprint density at radius 1 is 1.04 bits per heavy atom. The molecule has 0 radical (unpaired) electrons. The lowest BCUT2D eigenvalue weighted by molar-refractivity contribution is -0.264. The van der Waals surface area contributed by atoms with Gasteiger partial charge < -0.3 is 30.8 Å². The summed E-state index contributed by atoms with van der Waals surface area (Å²) < 4.78 is 50.0. The Balaban J connectivity index is 1.38. The topological polar surface area (TPSA) is 150 Å². The summed E-state index contributed by atoms with van der Waals surface area (Å²) in [6.45, 7) is 2.42. The Kier molecular flexibility index (Phi) is 11.7. The Morgan fingerprint density at radius 3 is 2.45 bits per heavy atom. The van der Waals surface area contributed by atoms with Gasteiger partial charge in [-0.3, -0.25) is 14.4 Å².